The summed E-state index contributed by atoms with van der Waals surface area (Å²) < 4.78 is 0. The van der Waals surface area contributed by atoms with E-state index in [1.165, 1.54) is 18.7 Å². The molecule has 1 fully saturated rings. The fraction of sp³-hybridized carbons (Fsp3) is 0.571. The number of nitrogens with zero attached hydrogens (tertiary/aromatic N) is 1. The van der Waals surface area contributed by atoms with E-state index in [0.29, 0.717) is 0 Å². The molecule has 82 valence electrons. The maximum absolute atomic E-state index is 2.46. The van der Waals surface area contributed by atoms with Crippen molar-refractivity contribution in [2.24, 2.45) is 11.8 Å². The van der Waals surface area contributed by atoms with Gasteiger partial charge in [0.25, 0.3) is 0 Å². The monoisotopic (exact) mass is 203 g/mol. The van der Waals surface area contributed by atoms with Gasteiger partial charge in [0.05, 0.1) is 0 Å². The molecule has 2 atom stereocenters. The van der Waals surface area contributed by atoms with E-state index in [4.69, 9.17) is 0 Å². The number of likely N-dealkylation sites (tertiary alicyclic amines) is 1. The SMILES string of the molecule is CC(C)[C@@H]1CN(C)C[C@H]1c1ccccc1. The van der Waals surface area contributed by atoms with Gasteiger partial charge >= 0.3 is 0 Å². The zero-order valence-corrected chi connectivity index (χ0v) is 9.98. The van der Waals surface area contributed by atoms with E-state index >= 15 is 0 Å². The molecule has 0 spiro atoms. The third-order valence-corrected chi connectivity index (χ3v) is 3.63. The number of likely N-dealkylation sites (N-methyl/N-ethyl adjacent to an activating group) is 1. The van der Waals surface area contributed by atoms with Gasteiger partial charge in [0.15, 0.2) is 0 Å². The third-order valence-electron chi connectivity index (χ3n) is 3.63. The molecular weight excluding hydrogens is 182 g/mol. The summed E-state index contributed by atoms with van der Waals surface area (Å²) in [5.74, 6) is 2.33. The van der Waals surface area contributed by atoms with Gasteiger partial charge in [-0.15, -0.1) is 0 Å². The standard InChI is InChI=1S/C14H21N/c1-11(2)13-9-15(3)10-14(13)12-7-5-4-6-8-12/h4-8,11,13-14H,9-10H2,1-3H3/t13-,14-/m0/s1. The second kappa shape index (κ2) is 4.36. The topological polar surface area (TPSA) is 3.24 Å². The summed E-state index contributed by atoms with van der Waals surface area (Å²) in [4.78, 5) is 2.46. The normalized spacial score (nSPS) is 27.5. The molecule has 0 bridgehead atoms. The van der Waals surface area contributed by atoms with Gasteiger partial charge in [0.1, 0.15) is 0 Å². The second-order valence-electron chi connectivity index (χ2n) is 5.15. The van der Waals surface area contributed by atoms with Gasteiger partial charge in [-0.25, -0.2) is 0 Å². The molecule has 1 saturated heterocycles. The van der Waals surface area contributed by atoms with E-state index in [-0.39, 0.29) is 0 Å². The Kier molecular flexibility index (Phi) is 3.11. The van der Waals surface area contributed by atoms with Crippen molar-refractivity contribution in [1.29, 1.82) is 0 Å². The van der Waals surface area contributed by atoms with Gasteiger partial charge in [-0.1, -0.05) is 44.2 Å². The Bertz CT molecular complexity index is 304. The molecule has 1 heterocycles. The van der Waals surface area contributed by atoms with Crippen LogP contribution < -0.4 is 0 Å². The molecule has 0 N–H and O–H groups in total. The zero-order valence-electron chi connectivity index (χ0n) is 9.98. The van der Waals surface area contributed by atoms with Crippen LogP contribution in [0.1, 0.15) is 25.3 Å². The lowest BCUT2D eigenvalue weighted by Gasteiger charge is -2.22. The predicted octanol–water partition coefficient (Wildman–Crippen LogP) is 2.99. The zero-order chi connectivity index (χ0) is 10.8. The van der Waals surface area contributed by atoms with Gasteiger partial charge < -0.3 is 4.90 Å². The highest BCUT2D eigenvalue weighted by Gasteiger charge is 2.33. The molecule has 0 radical (unpaired) electrons. The summed E-state index contributed by atoms with van der Waals surface area (Å²) in [5, 5.41) is 0. The van der Waals surface area contributed by atoms with Crippen LogP contribution in [0.4, 0.5) is 0 Å². The van der Waals surface area contributed by atoms with Crippen LogP contribution in [-0.4, -0.2) is 25.0 Å². The summed E-state index contributed by atoms with van der Waals surface area (Å²) in [6.45, 7) is 7.16. The Labute approximate surface area is 93.1 Å². The van der Waals surface area contributed by atoms with Gasteiger partial charge in [0.2, 0.25) is 0 Å². The van der Waals surface area contributed by atoms with Crippen molar-refractivity contribution < 1.29 is 0 Å². The molecule has 1 aromatic rings. The molecule has 2 rings (SSSR count). The largest absolute Gasteiger partial charge is 0.305 e. The van der Waals surface area contributed by atoms with Crippen LogP contribution in [0.5, 0.6) is 0 Å². The minimum Gasteiger partial charge on any atom is -0.305 e. The van der Waals surface area contributed by atoms with Crippen LogP contribution in [0.2, 0.25) is 0 Å². The fourth-order valence-electron chi connectivity index (χ4n) is 2.76. The first kappa shape index (κ1) is 10.7. The highest BCUT2D eigenvalue weighted by atomic mass is 15.1. The Morgan fingerprint density at radius 2 is 1.80 bits per heavy atom. The minimum absolute atomic E-state index is 0.733. The van der Waals surface area contributed by atoms with E-state index in [1.807, 2.05) is 0 Å². The predicted molar refractivity (Wildman–Crippen MR) is 65.0 cm³/mol. The molecule has 1 aliphatic rings. The second-order valence-corrected chi connectivity index (χ2v) is 5.15. The maximum Gasteiger partial charge on any atom is 0.00506 e. The molecular formula is C14H21N. The number of hydrogen-bond donors (Lipinski definition) is 0. The molecule has 15 heavy (non-hydrogen) atoms. The Morgan fingerprint density at radius 1 is 1.13 bits per heavy atom. The van der Waals surface area contributed by atoms with Crippen LogP contribution >= 0.6 is 0 Å². The molecule has 1 nitrogen and oxygen atoms in total. The summed E-state index contributed by atoms with van der Waals surface area (Å²) in [7, 11) is 2.23. The Morgan fingerprint density at radius 3 is 2.40 bits per heavy atom. The van der Waals surface area contributed by atoms with E-state index in [9.17, 15) is 0 Å². The molecule has 1 heteroatoms. The summed E-state index contributed by atoms with van der Waals surface area (Å²) in [6, 6.07) is 11.0. The van der Waals surface area contributed by atoms with Crippen molar-refractivity contribution in [1.82, 2.24) is 4.90 Å². The fourth-order valence-corrected chi connectivity index (χ4v) is 2.76. The molecule has 0 aliphatic carbocycles. The lowest BCUT2D eigenvalue weighted by molar-refractivity contribution is 0.344. The first-order chi connectivity index (χ1) is 7.18. The molecule has 0 unspecified atom stereocenters. The summed E-state index contributed by atoms with van der Waals surface area (Å²) in [5.41, 5.74) is 1.51. The van der Waals surface area contributed by atoms with Crippen molar-refractivity contribution in [3.05, 3.63) is 35.9 Å². The quantitative estimate of drug-likeness (QED) is 0.714. The maximum atomic E-state index is 2.46. The highest BCUT2D eigenvalue weighted by molar-refractivity contribution is 5.22. The Hall–Kier alpha value is -0.820. The molecule has 0 saturated carbocycles. The van der Waals surface area contributed by atoms with Crippen LogP contribution in [-0.2, 0) is 0 Å². The minimum atomic E-state index is 0.733. The van der Waals surface area contributed by atoms with E-state index in [2.05, 4.69) is 56.1 Å². The van der Waals surface area contributed by atoms with Crippen LogP contribution in [0.15, 0.2) is 30.3 Å². The molecule has 0 amide bonds. The number of rotatable bonds is 2. The van der Waals surface area contributed by atoms with Crippen molar-refractivity contribution >= 4 is 0 Å². The lowest BCUT2D eigenvalue weighted by Crippen LogP contribution is -2.17. The van der Waals surface area contributed by atoms with Crippen molar-refractivity contribution in [2.75, 3.05) is 20.1 Å². The van der Waals surface area contributed by atoms with Crippen LogP contribution in [0.3, 0.4) is 0 Å². The van der Waals surface area contributed by atoms with Crippen molar-refractivity contribution in [3.8, 4) is 0 Å². The number of hydrogen-bond acceptors (Lipinski definition) is 1. The highest BCUT2D eigenvalue weighted by Crippen LogP contribution is 2.36. The average molecular weight is 203 g/mol. The first-order valence-corrected chi connectivity index (χ1v) is 5.92. The Balaban J connectivity index is 2.21. The first-order valence-electron chi connectivity index (χ1n) is 5.92. The molecule has 0 aromatic heterocycles. The average Bonchev–Trinajstić information content (AvgIpc) is 2.62. The van der Waals surface area contributed by atoms with Crippen LogP contribution in [0, 0.1) is 11.8 Å². The van der Waals surface area contributed by atoms with E-state index in [0.717, 1.165) is 17.8 Å². The van der Waals surface area contributed by atoms with E-state index < -0.39 is 0 Å². The van der Waals surface area contributed by atoms with Gasteiger partial charge in [-0.2, -0.15) is 0 Å². The van der Waals surface area contributed by atoms with Crippen molar-refractivity contribution in [3.63, 3.8) is 0 Å². The lowest BCUT2D eigenvalue weighted by atomic mass is 9.82. The summed E-state index contributed by atoms with van der Waals surface area (Å²) >= 11 is 0. The third kappa shape index (κ3) is 2.23. The summed E-state index contributed by atoms with van der Waals surface area (Å²) in [6.07, 6.45) is 0. The van der Waals surface area contributed by atoms with Crippen LogP contribution in [0.25, 0.3) is 0 Å². The van der Waals surface area contributed by atoms with Gasteiger partial charge in [0, 0.05) is 19.0 Å². The van der Waals surface area contributed by atoms with Crippen molar-refractivity contribution in [2.45, 2.75) is 19.8 Å². The van der Waals surface area contributed by atoms with E-state index in [1.54, 1.807) is 0 Å². The molecule has 1 aromatic carbocycles. The van der Waals surface area contributed by atoms with Gasteiger partial charge in [-0.3, -0.25) is 0 Å². The van der Waals surface area contributed by atoms with Gasteiger partial charge in [-0.05, 0) is 24.4 Å². The number of benzene rings is 1. The molecule has 1 aliphatic heterocycles. The smallest absolute Gasteiger partial charge is 0.00506 e.